The SMILES string of the molecule is CCNC(=NCc1ccccc1COC)NCc1ncc(C(C)(C)C)o1.I. The Balaban J connectivity index is 0.00000364. The van der Waals surface area contributed by atoms with Crippen molar-refractivity contribution in [1.82, 2.24) is 15.6 Å². The van der Waals surface area contributed by atoms with Crippen LogP contribution in [0.2, 0.25) is 0 Å². The number of halogens is 1. The van der Waals surface area contributed by atoms with Crippen molar-refractivity contribution in [3.8, 4) is 0 Å². The average Bonchev–Trinajstić information content (AvgIpc) is 3.08. The van der Waals surface area contributed by atoms with E-state index < -0.39 is 0 Å². The lowest BCUT2D eigenvalue weighted by atomic mass is 9.94. The van der Waals surface area contributed by atoms with Crippen LogP contribution in [0.3, 0.4) is 0 Å². The summed E-state index contributed by atoms with van der Waals surface area (Å²) in [4.78, 5) is 9.01. The number of aromatic nitrogens is 1. The molecule has 0 amide bonds. The van der Waals surface area contributed by atoms with Gasteiger partial charge < -0.3 is 19.8 Å². The van der Waals surface area contributed by atoms with Crippen LogP contribution in [0.25, 0.3) is 0 Å². The minimum Gasteiger partial charge on any atom is -0.443 e. The smallest absolute Gasteiger partial charge is 0.213 e. The van der Waals surface area contributed by atoms with Gasteiger partial charge in [-0.3, -0.25) is 0 Å². The van der Waals surface area contributed by atoms with Crippen molar-refractivity contribution in [2.45, 2.75) is 52.8 Å². The summed E-state index contributed by atoms with van der Waals surface area (Å²) in [6.45, 7) is 10.8. The van der Waals surface area contributed by atoms with Gasteiger partial charge >= 0.3 is 0 Å². The van der Waals surface area contributed by atoms with E-state index in [0.717, 1.165) is 29.4 Å². The molecule has 0 aliphatic rings. The van der Waals surface area contributed by atoms with Gasteiger partial charge in [-0.2, -0.15) is 0 Å². The minimum atomic E-state index is -0.0467. The fourth-order valence-electron chi connectivity index (χ4n) is 2.41. The number of aliphatic imine (C=N–C) groups is 1. The van der Waals surface area contributed by atoms with Crippen LogP contribution >= 0.6 is 24.0 Å². The van der Waals surface area contributed by atoms with Crippen molar-refractivity contribution in [1.29, 1.82) is 0 Å². The van der Waals surface area contributed by atoms with Gasteiger partial charge in [0, 0.05) is 19.1 Å². The molecule has 0 atom stereocenters. The summed E-state index contributed by atoms with van der Waals surface area (Å²) in [5.74, 6) is 2.26. The number of nitrogens with zero attached hydrogens (tertiary/aromatic N) is 2. The summed E-state index contributed by atoms with van der Waals surface area (Å²) in [5.41, 5.74) is 2.25. The van der Waals surface area contributed by atoms with E-state index >= 15 is 0 Å². The maximum atomic E-state index is 5.82. The molecule has 0 spiro atoms. The van der Waals surface area contributed by atoms with Gasteiger partial charge in [-0.1, -0.05) is 45.0 Å². The second kappa shape index (κ2) is 11.3. The standard InChI is InChI=1S/C20H30N4O2.HI/c1-6-21-19(23-11-15-9-7-8-10-16(15)14-25-5)24-13-18-22-12-17(26-18)20(2,3)4;/h7-10,12H,6,11,13-14H2,1-5H3,(H2,21,23,24);1H. The number of ether oxygens (including phenoxy) is 1. The Kier molecular flexibility index (Phi) is 9.79. The van der Waals surface area contributed by atoms with Crippen LogP contribution in [0.4, 0.5) is 0 Å². The largest absolute Gasteiger partial charge is 0.443 e. The van der Waals surface area contributed by atoms with Gasteiger partial charge in [-0.25, -0.2) is 9.98 Å². The zero-order valence-corrected chi connectivity index (χ0v) is 19.2. The van der Waals surface area contributed by atoms with Gasteiger partial charge in [0.15, 0.2) is 5.96 Å². The molecule has 2 aromatic rings. The van der Waals surface area contributed by atoms with Crippen LogP contribution in [0, 0.1) is 0 Å². The van der Waals surface area contributed by atoms with Crippen molar-refractivity contribution < 1.29 is 9.15 Å². The van der Waals surface area contributed by atoms with Gasteiger partial charge in [0.25, 0.3) is 0 Å². The Hall–Kier alpha value is -1.61. The summed E-state index contributed by atoms with van der Waals surface area (Å²) >= 11 is 0. The first-order valence-corrected chi connectivity index (χ1v) is 8.97. The third kappa shape index (κ3) is 7.50. The molecule has 0 fully saturated rings. The summed E-state index contributed by atoms with van der Waals surface area (Å²) < 4.78 is 11.1. The summed E-state index contributed by atoms with van der Waals surface area (Å²) in [6.07, 6.45) is 1.79. The Morgan fingerprint density at radius 2 is 1.89 bits per heavy atom. The van der Waals surface area contributed by atoms with E-state index in [2.05, 4.69) is 53.5 Å². The van der Waals surface area contributed by atoms with Gasteiger partial charge in [0.1, 0.15) is 5.76 Å². The number of nitrogens with one attached hydrogen (secondary N) is 2. The van der Waals surface area contributed by atoms with Crippen LogP contribution in [-0.2, 0) is 29.8 Å². The predicted octanol–water partition coefficient (Wildman–Crippen LogP) is 3.99. The molecular weight excluding hydrogens is 455 g/mol. The first-order valence-electron chi connectivity index (χ1n) is 8.97. The molecule has 0 aliphatic heterocycles. The molecule has 2 rings (SSSR count). The number of rotatable bonds is 7. The minimum absolute atomic E-state index is 0. The van der Waals surface area contributed by atoms with Gasteiger partial charge in [-0.05, 0) is 18.1 Å². The van der Waals surface area contributed by atoms with E-state index in [9.17, 15) is 0 Å². The van der Waals surface area contributed by atoms with E-state index in [4.69, 9.17) is 9.15 Å². The molecule has 0 radical (unpaired) electrons. The topological polar surface area (TPSA) is 71.7 Å². The Morgan fingerprint density at radius 1 is 1.19 bits per heavy atom. The molecule has 7 heteroatoms. The summed E-state index contributed by atoms with van der Waals surface area (Å²) in [6, 6.07) is 8.17. The van der Waals surface area contributed by atoms with E-state index in [1.54, 1.807) is 13.3 Å². The zero-order valence-electron chi connectivity index (χ0n) is 16.8. The Morgan fingerprint density at radius 3 is 2.48 bits per heavy atom. The highest BCUT2D eigenvalue weighted by Gasteiger charge is 2.19. The van der Waals surface area contributed by atoms with Gasteiger partial charge in [0.05, 0.1) is 25.9 Å². The quantitative estimate of drug-likeness (QED) is 0.352. The number of guanidine groups is 1. The lowest BCUT2D eigenvalue weighted by molar-refractivity contribution is 0.184. The molecule has 150 valence electrons. The highest BCUT2D eigenvalue weighted by molar-refractivity contribution is 14.0. The third-order valence-corrected chi connectivity index (χ3v) is 3.87. The first kappa shape index (κ1) is 23.4. The molecule has 6 nitrogen and oxygen atoms in total. The predicted molar refractivity (Wildman–Crippen MR) is 119 cm³/mol. The van der Waals surface area contributed by atoms with Gasteiger partial charge in [-0.15, -0.1) is 24.0 Å². The maximum Gasteiger partial charge on any atom is 0.213 e. The van der Waals surface area contributed by atoms with Crippen molar-refractivity contribution >= 4 is 29.9 Å². The van der Waals surface area contributed by atoms with E-state index in [-0.39, 0.29) is 29.4 Å². The monoisotopic (exact) mass is 486 g/mol. The number of oxazole rings is 1. The van der Waals surface area contributed by atoms with Crippen LogP contribution in [-0.4, -0.2) is 24.6 Å². The fourth-order valence-corrected chi connectivity index (χ4v) is 2.41. The molecule has 0 saturated carbocycles. The third-order valence-electron chi connectivity index (χ3n) is 3.87. The average molecular weight is 486 g/mol. The molecule has 0 saturated heterocycles. The van der Waals surface area contributed by atoms with Gasteiger partial charge in [0.2, 0.25) is 5.89 Å². The molecule has 0 bridgehead atoms. The molecule has 27 heavy (non-hydrogen) atoms. The molecule has 1 aromatic heterocycles. The second-order valence-electron chi connectivity index (χ2n) is 7.12. The fraction of sp³-hybridized carbons (Fsp3) is 0.500. The van der Waals surface area contributed by atoms with Crippen LogP contribution in [0.1, 0.15) is 50.5 Å². The first-order chi connectivity index (χ1) is 12.4. The van der Waals surface area contributed by atoms with Crippen molar-refractivity contribution in [3.63, 3.8) is 0 Å². The molecular formula is C20H31IN4O2. The van der Waals surface area contributed by atoms with Crippen LogP contribution in [0.5, 0.6) is 0 Å². The van der Waals surface area contributed by atoms with E-state index in [1.807, 2.05) is 19.1 Å². The normalized spacial score (nSPS) is 11.8. The van der Waals surface area contributed by atoms with Crippen molar-refractivity contribution in [2.75, 3.05) is 13.7 Å². The molecule has 0 aliphatic carbocycles. The summed E-state index contributed by atoms with van der Waals surface area (Å²) in [7, 11) is 1.70. The highest BCUT2D eigenvalue weighted by Crippen LogP contribution is 2.22. The lowest BCUT2D eigenvalue weighted by Gasteiger charge is -2.13. The zero-order chi connectivity index (χ0) is 19.0. The van der Waals surface area contributed by atoms with Crippen molar-refractivity contribution in [3.05, 3.63) is 53.2 Å². The molecule has 0 unspecified atom stereocenters. The molecule has 2 N–H and O–H groups in total. The Bertz CT molecular complexity index is 723. The van der Waals surface area contributed by atoms with Crippen molar-refractivity contribution in [2.24, 2.45) is 4.99 Å². The number of methoxy groups -OCH3 is 1. The lowest BCUT2D eigenvalue weighted by Crippen LogP contribution is -2.36. The summed E-state index contributed by atoms with van der Waals surface area (Å²) in [5, 5.41) is 6.52. The highest BCUT2D eigenvalue weighted by atomic mass is 127. The maximum absolute atomic E-state index is 5.82. The Labute approximate surface area is 179 Å². The van der Waals surface area contributed by atoms with E-state index in [1.165, 1.54) is 0 Å². The number of hydrogen-bond acceptors (Lipinski definition) is 4. The second-order valence-corrected chi connectivity index (χ2v) is 7.12. The molecule has 1 aromatic carbocycles. The number of benzene rings is 1. The van der Waals surface area contributed by atoms with E-state index in [0.29, 0.717) is 25.6 Å². The van der Waals surface area contributed by atoms with Crippen LogP contribution < -0.4 is 10.6 Å². The molecule has 1 heterocycles. The number of hydrogen-bond donors (Lipinski definition) is 2. The van der Waals surface area contributed by atoms with Crippen LogP contribution in [0.15, 0.2) is 39.9 Å².